The van der Waals surface area contributed by atoms with Crippen LogP contribution in [0.25, 0.3) is 0 Å². The van der Waals surface area contributed by atoms with E-state index in [4.69, 9.17) is 9.47 Å². The Hall–Kier alpha value is -2.82. The van der Waals surface area contributed by atoms with Crippen molar-refractivity contribution >= 4 is 21.8 Å². The maximum atomic E-state index is 13.8. The second-order valence-electron chi connectivity index (χ2n) is 6.30. The van der Waals surface area contributed by atoms with E-state index >= 15 is 0 Å². The molecule has 10 heteroatoms. The maximum absolute atomic E-state index is 13.8. The number of ether oxygens (including phenoxy) is 2. The normalized spacial score (nSPS) is 15.6. The number of sulfonamides is 1. The molecule has 0 fully saturated rings. The fourth-order valence-electron chi connectivity index (χ4n) is 3.16. The third kappa shape index (κ3) is 3.37. The average molecular weight is 406 g/mol. The fourth-order valence-corrected chi connectivity index (χ4v) is 4.22. The molecule has 0 saturated carbocycles. The van der Waals surface area contributed by atoms with Crippen LogP contribution in [0.4, 0.5) is 4.39 Å². The summed E-state index contributed by atoms with van der Waals surface area (Å²) in [6, 6.07) is 6.32. The van der Waals surface area contributed by atoms with Crippen LogP contribution in [0.1, 0.15) is 31.8 Å². The van der Waals surface area contributed by atoms with Gasteiger partial charge >= 0.3 is 0 Å². The molecule has 0 aliphatic carbocycles. The van der Waals surface area contributed by atoms with Crippen LogP contribution in [0.2, 0.25) is 0 Å². The summed E-state index contributed by atoms with van der Waals surface area (Å²) in [5.74, 6) is -1.15. The Balaban J connectivity index is 1.50. The van der Waals surface area contributed by atoms with E-state index in [-0.39, 0.29) is 42.4 Å². The van der Waals surface area contributed by atoms with Gasteiger partial charge in [0.25, 0.3) is 11.8 Å². The van der Waals surface area contributed by atoms with Gasteiger partial charge in [0.15, 0.2) is 6.79 Å². The molecule has 28 heavy (non-hydrogen) atoms. The topological polar surface area (TPSA) is 111 Å². The molecule has 0 bridgehead atoms. The predicted octanol–water partition coefficient (Wildman–Crippen LogP) is 1.10. The summed E-state index contributed by atoms with van der Waals surface area (Å²) in [6.45, 7) is 0.264. The number of benzene rings is 2. The molecule has 2 N–H and O–H groups in total. The number of hydrogen-bond acceptors (Lipinski definition) is 6. The van der Waals surface area contributed by atoms with Gasteiger partial charge in [-0.3, -0.25) is 14.9 Å². The molecule has 146 valence electrons. The van der Waals surface area contributed by atoms with E-state index in [1.807, 2.05) is 0 Å². The molecule has 8 nitrogen and oxygen atoms in total. The lowest BCUT2D eigenvalue weighted by Crippen LogP contribution is -2.26. The van der Waals surface area contributed by atoms with Crippen LogP contribution >= 0.6 is 0 Å². The van der Waals surface area contributed by atoms with Gasteiger partial charge in [0.05, 0.1) is 22.6 Å². The Morgan fingerprint density at radius 1 is 1.11 bits per heavy atom. The van der Waals surface area contributed by atoms with E-state index in [0.717, 1.165) is 6.07 Å². The third-order valence-electron chi connectivity index (χ3n) is 4.46. The van der Waals surface area contributed by atoms with Crippen molar-refractivity contribution in [1.29, 1.82) is 0 Å². The minimum atomic E-state index is -3.92. The van der Waals surface area contributed by atoms with Crippen molar-refractivity contribution in [3.63, 3.8) is 0 Å². The van der Waals surface area contributed by atoms with Crippen molar-refractivity contribution in [1.82, 2.24) is 10.0 Å². The smallest absolute Gasteiger partial charge is 0.258 e. The maximum Gasteiger partial charge on any atom is 0.258 e. The quantitative estimate of drug-likeness (QED) is 0.720. The van der Waals surface area contributed by atoms with Crippen LogP contribution in [-0.4, -0.2) is 33.6 Å². The molecule has 2 heterocycles. The van der Waals surface area contributed by atoms with Crippen LogP contribution in [0.5, 0.6) is 5.75 Å². The van der Waals surface area contributed by atoms with E-state index in [1.165, 1.54) is 24.3 Å². The molecule has 0 atom stereocenters. The molecule has 0 unspecified atom stereocenters. The van der Waals surface area contributed by atoms with Crippen molar-refractivity contribution in [3.8, 4) is 5.75 Å². The van der Waals surface area contributed by atoms with Gasteiger partial charge in [-0.2, -0.15) is 0 Å². The number of carbonyl (C=O) groups is 2. The van der Waals surface area contributed by atoms with E-state index in [1.54, 1.807) is 0 Å². The lowest BCUT2D eigenvalue weighted by molar-refractivity contribution is -0.0172. The molecule has 2 aromatic rings. The minimum Gasteiger partial charge on any atom is -0.467 e. The monoisotopic (exact) mass is 406 g/mol. The number of hydrogen-bond donors (Lipinski definition) is 2. The number of fused-ring (bicyclic) bond motifs is 2. The van der Waals surface area contributed by atoms with Gasteiger partial charge < -0.3 is 9.47 Å². The first-order valence-corrected chi connectivity index (χ1v) is 9.85. The molecule has 0 spiro atoms. The van der Waals surface area contributed by atoms with Crippen LogP contribution in [0.3, 0.4) is 0 Å². The molecule has 4 rings (SSSR count). The predicted molar refractivity (Wildman–Crippen MR) is 93.8 cm³/mol. The molecule has 0 radical (unpaired) electrons. The Kier molecular flexibility index (Phi) is 4.61. The van der Waals surface area contributed by atoms with Crippen molar-refractivity contribution < 1.29 is 31.9 Å². The third-order valence-corrected chi connectivity index (χ3v) is 5.91. The van der Waals surface area contributed by atoms with Gasteiger partial charge in [-0.05, 0) is 42.3 Å². The zero-order valence-corrected chi connectivity index (χ0v) is 15.3. The number of rotatable bonds is 5. The zero-order chi connectivity index (χ0) is 19.9. The van der Waals surface area contributed by atoms with Crippen molar-refractivity contribution in [2.75, 3.05) is 13.3 Å². The first-order chi connectivity index (χ1) is 13.3. The van der Waals surface area contributed by atoms with Gasteiger partial charge in [0.2, 0.25) is 10.0 Å². The summed E-state index contributed by atoms with van der Waals surface area (Å²) in [6.07, 6.45) is 0.198. The average Bonchev–Trinajstić information content (AvgIpc) is 2.95. The number of halogens is 1. The molecule has 0 saturated heterocycles. The van der Waals surface area contributed by atoms with Crippen LogP contribution in [-0.2, 0) is 27.8 Å². The van der Waals surface area contributed by atoms with Gasteiger partial charge in [0, 0.05) is 12.1 Å². The molecule has 2 aliphatic heterocycles. The number of nitrogens with one attached hydrogen (secondary N) is 2. The number of amides is 2. The largest absolute Gasteiger partial charge is 0.467 e. The summed E-state index contributed by atoms with van der Waals surface area (Å²) in [5, 5.41) is 2.11. The van der Waals surface area contributed by atoms with Gasteiger partial charge in [-0.25, -0.2) is 17.5 Å². The van der Waals surface area contributed by atoms with Crippen molar-refractivity contribution in [2.24, 2.45) is 0 Å². The summed E-state index contributed by atoms with van der Waals surface area (Å²) >= 11 is 0. The second kappa shape index (κ2) is 6.97. The first-order valence-electron chi connectivity index (χ1n) is 8.36. The lowest BCUT2D eigenvalue weighted by atomic mass is 10.1. The number of carbonyl (C=O) groups excluding carboxylic acids is 2. The Morgan fingerprint density at radius 3 is 2.71 bits per heavy atom. The van der Waals surface area contributed by atoms with Gasteiger partial charge in [-0.15, -0.1) is 0 Å². The molecule has 2 amide bonds. The van der Waals surface area contributed by atoms with Crippen molar-refractivity contribution in [3.05, 3.63) is 58.4 Å². The summed E-state index contributed by atoms with van der Waals surface area (Å²) in [7, 11) is -3.92. The van der Waals surface area contributed by atoms with Crippen LogP contribution in [0, 0.1) is 5.82 Å². The van der Waals surface area contributed by atoms with Crippen molar-refractivity contribution in [2.45, 2.75) is 17.9 Å². The van der Waals surface area contributed by atoms with Crippen LogP contribution in [0.15, 0.2) is 35.2 Å². The summed E-state index contributed by atoms with van der Waals surface area (Å²) < 4.78 is 51.7. The fraction of sp³-hybridized carbons (Fsp3) is 0.222. The SMILES string of the molecule is O=C1NC(=O)c2cc(S(=O)(=O)NCCc3cc(F)cc4c3OCOC4)ccc21. The van der Waals surface area contributed by atoms with Gasteiger partial charge in [-0.1, -0.05) is 0 Å². The number of imide groups is 1. The Morgan fingerprint density at radius 2 is 1.89 bits per heavy atom. The highest BCUT2D eigenvalue weighted by Gasteiger charge is 2.28. The highest BCUT2D eigenvalue weighted by atomic mass is 32.2. The molecular weight excluding hydrogens is 391 g/mol. The highest BCUT2D eigenvalue weighted by molar-refractivity contribution is 7.89. The standard InChI is InChI=1S/C18H15FN2O6S/c19-12-5-10(16-11(6-12)8-26-9-27-16)3-4-20-28(24,25)13-1-2-14-15(7-13)18(23)21-17(14)22/h1-2,5-7,20H,3-4,8-9H2,(H,21,22,23). The molecule has 0 aromatic heterocycles. The zero-order valence-electron chi connectivity index (χ0n) is 14.5. The first kappa shape index (κ1) is 18.5. The van der Waals surface area contributed by atoms with Crippen LogP contribution < -0.4 is 14.8 Å². The molecule has 2 aliphatic rings. The molecule has 2 aromatic carbocycles. The van der Waals surface area contributed by atoms with E-state index in [0.29, 0.717) is 16.9 Å². The Labute approximate surface area is 159 Å². The van der Waals surface area contributed by atoms with E-state index in [9.17, 15) is 22.4 Å². The van der Waals surface area contributed by atoms with E-state index in [2.05, 4.69) is 10.0 Å². The second-order valence-corrected chi connectivity index (χ2v) is 8.07. The Bertz CT molecular complexity index is 1100. The summed E-state index contributed by atoms with van der Waals surface area (Å²) in [4.78, 5) is 23.1. The minimum absolute atomic E-state index is 0.00927. The van der Waals surface area contributed by atoms with E-state index < -0.39 is 27.7 Å². The summed E-state index contributed by atoms with van der Waals surface area (Å²) in [5.41, 5.74) is 1.24. The molecular formula is C18H15FN2O6S. The highest BCUT2D eigenvalue weighted by Crippen LogP contribution is 2.29. The van der Waals surface area contributed by atoms with Gasteiger partial charge in [0.1, 0.15) is 11.6 Å². The lowest BCUT2D eigenvalue weighted by Gasteiger charge is -2.21.